The molecule has 1 unspecified atom stereocenters. The number of guanidine groups is 1. The van der Waals surface area contributed by atoms with Gasteiger partial charge in [-0.15, -0.1) is 24.0 Å². The molecule has 3 fully saturated rings. The van der Waals surface area contributed by atoms with E-state index in [1.165, 1.54) is 6.42 Å². The van der Waals surface area contributed by atoms with Gasteiger partial charge in [0, 0.05) is 45.8 Å². The van der Waals surface area contributed by atoms with Crippen LogP contribution >= 0.6 is 24.0 Å². The average molecular weight is 544 g/mol. The van der Waals surface area contributed by atoms with Gasteiger partial charge in [0.1, 0.15) is 0 Å². The normalized spacial score (nSPS) is 24.2. The first-order valence-corrected chi connectivity index (χ1v) is 12.5. The lowest BCUT2D eigenvalue weighted by Gasteiger charge is -2.29. The molecular formula is C19H38IN5O3S. The Morgan fingerprint density at radius 2 is 1.90 bits per heavy atom. The first kappa shape index (κ1) is 25.1. The first-order chi connectivity index (χ1) is 13.6. The monoisotopic (exact) mass is 543 g/mol. The van der Waals surface area contributed by atoms with Crippen LogP contribution in [0.2, 0.25) is 0 Å². The molecule has 0 spiro atoms. The molecule has 170 valence electrons. The highest BCUT2D eigenvalue weighted by Crippen LogP contribution is 2.25. The molecule has 2 aliphatic heterocycles. The number of rotatable bonds is 9. The molecule has 2 saturated heterocycles. The van der Waals surface area contributed by atoms with Gasteiger partial charge in [-0.3, -0.25) is 9.89 Å². The van der Waals surface area contributed by atoms with Crippen LogP contribution in [0.3, 0.4) is 0 Å². The van der Waals surface area contributed by atoms with E-state index in [2.05, 4.69) is 24.8 Å². The van der Waals surface area contributed by atoms with E-state index in [-0.39, 0.29) is 29.7 Å². The van der Waals surface area contributed by atoms with E-state index >= 15 is 0 Å². The highest BCUT2D eigenvalue weighted by atomic mass is 127. The topological polar surface area (TPSA) is 86.3 Å². The van der Waals surface area contributed by atoms with Crippen LogP contribution in [0.15, 0.2) is 4.99 Å². The molecule has 0 aromatic heterocycles. The van der Waals surface area contributed by atoms with E-state index in [1.54, 1.807) is 0 Å². The van der Waals surface area contributed by atoms with Crippen molar-refractivity contribution in [2.24, 2.45) is 16.8 Å². The quantitative estimate of drug-likeness (QED) is 0.256. The summed E-state index contributed by atoms with van der Waals surface area (Å²) in [5.41, 5.74) is 0. The third-order valence-electron chi connectivity index (χ3n) is 5.98. The van der Waals surface area contributed by atoms with E-state index in [4.69, 9.17) is 4.74 Å². The van der Waals surface area contributed by atoms with Crippen molar-refractivity contribution in [3.63, 3.8) is 0 Å². The second-order valence-corrected chi connectivity index (χ2v) is 10.1. The Kier molecular flexibility index (Phi) is 10.9. The van der Waals surface area contributed by atoms with Crippen molar-refractivity contribution >= 4 is 40.0 Å². The van der Waals surface area contributed by atoms with Gasteiger partial charge in [0.15, 0.2) is 5.96 Å². The largest absolute Gasteiger partial charge is 0.379 e. The Labute approximate surface area is 193 Å². The second-order valence-electron chi connectivity index (χ2n) is 8.21. The van der Waals surface area contributed by atoms with E-state index in [1.807, 2.05) is 6.92 Å². The van der Waals surface area contributed by atoms with Crippen LogP contribution in [-0.4, -0.2) is 95.5 Å². The lowest BCUT2D eigenvalue weighted by Crippen LogP contribution is -2.42. The zero-order valence-corrected chi connectivity index (χ0v) is 20.8. The zero-order valence-electron chi connectivity index (χ0n) is 17.6. The molecule has 3 rings (SSSR count). The van der Waals surface area contributed by atoms with Crippen molar-refractivity contribution < 1.29 is 13.2 Å². The van der Waals surface area contributed by atoms with Crippen LogP contribution in [0.25, 0.3) is 0 Å². The zero-order chi connectivity index (χ0) is 19.8. The predicted octanol–water partition coefficient (Wildman–Crippen LogP) is 0.944. The van der Waals surface area contributed by atoms with Gasteiger partial charge in [0.05, 0.1) is 25.5 Å². The summed E-state index contributed by atoms with van der Waals surface area (Å²) in [5.74, 6) is 2.07. The fourth-order valence-electron chi connectivity index (χ4n) is 4.03. The van der Waals surface area contributed by atoms with Crippen molar-refractivity contribution in [1.29, 1.82) is 0 Å². The van der Waals surface area contributed by atoms with E-state index < -0.39 is 10.0 Å². The summed E-state index contributed by atoms with van der Waals surface area (Å²) in [5, 5.41) is 3.33. The van der Waals surface area contributed by atoms with Crippen molar-refractivity contribution in [2.75, 3.05) is 71.3 Å². The molecule has 3 aliphatic rings. The molecule has 8 nitrogen and oxygen atoms in total. The molecule has 0 aromatic rings. The van der Waals surface area contributed by atoms with E-state index in [9.17, 15) is 8.42 Å². The standard InChI is InChI=1S/C19H37N5O3S.HI/c1-2-20-19(21-7-13-28(25,26)22-14-17-4-3-5-17)24-8-6-18(16-24)15-23-9-11-27-12-10-23;/h17-18,22H,2-16H2,1H3,(H,20,21);1H. The lowest BCUT2D eigenvalue weighted by atomic mass is 9.86. The number of ether oxygens (including phenoxy) is 1. The minimum absolute atomic E-state index is 0. The van der Waals surface area contributed by atoms with E-state index in [0.29, 0.717) is 24.9 Å². The van der Waals surface area contributed by atoms with Crippen LogP contribution in [-0.2, 0) is 14.8 Å². The molecule has 0 bridgehead atoms. The third kappa shape index (κ3) is 8.47. The molecule has 1 aliphatic carbocycles. The molecule has 29 heavy (non-hydrogen) atoms. The molecule has 1 atom stereocenters. The summed E-state index contributed by atoms with van der Waals surface area (Å²) >= 11 is 0. The number of morpholine rings is 1. The first-order valence-electron chi connectivity index (χ1n) is 10.9. The van der Waals surface area contributed by atoms with Crippen LogP contribution in [0, 0.1) is 11.8 Å². The minimum atomic E-state index is -3.24. The molecule has 0 amide bonds. The maximum Gasteiger partial charge on any atom is 0.213 e. The fraction of sp³-hybridized carbons (Fsp3) is 0.947. The third-order valence-corrected chi connectivity index (χ3v) is 7.31. The SMILES string of the molecule is CCNC(=NCCS(=O)(=O)NCC1CCC1)N1CCC(CN2CCOCC2)C1.I. The Morgan fingerprint density at radius 3 is 2.55 bits per heavy atom. The second kappa shape index (κ2) is 12.6. The highest BCUT2D eigenvalue weighted by molar-refractivity contribution is 14.0. The fourth-order valence-corrected chi connectivity index (χ4v) is 5.00. The van der Waals surface area contributed by atoms with E-state index in [0.717, 1.165) is 77.7 Å². The smallest absolute Gasteiger partial charge is 0.213 e. The maximum atomic E-state index is 12.2. The summed E-state index contributed by atoms with van der Waals surface area (Å²) in [6.45, 7) is 10.5. The Balaban J connectivity index is 0.00000300. The molecular weight excluding hydrogens is 505 g/mol. The van der Waals surface area contributed by atoms with Gasteiger partial charge in [-0.25, -0.2) is 13.1 Å². The summed E-state index contributed by atoms with van der Waals surface area (Å²) in [6, 6.07) is 0. The number of halogens is 1. The molecule has 1 saturated carbocycles. The van der Waals surface area contributed by atoms with Gasteiger partial charge in [0.2, 0.25) is 10.0 Å². The molecule has 2 N–H and O–H groups in total. The molecule has 10 heteroatoms. The number of nitrogens with zero attached hydrogens (tertiary/aromatic N) is 3. The molecule has 2 heterocycles. The summed E-state index contributed by atoms with van der Waals surface area (Å²) in [7, 11) is -3.24. The number of nitrogens with one attached hydrogen (secondary N) is 2. The number of hydrogen-bond acceptors (Lipinski definition) is 5. The van der Waals surface area contributed by atoms with Gasteiger partial charge in [-0.2, -0.15) is 0 Å². The Morgan fingerprint density at radius 1 is 1.14 bits per heavy atom. The van der Waals surface area contributed by atoms with Gasteiger partial charge < -0.3 is 15.0 Å². The summed E-state index contributed by atoms with van der Waals surface area (Å²) in [6.07, 6.45) is 4.67. The van der Waals surface area contributed by atoms with Crippen molar-refractivity contribution in [2.45, 2.75) is 32.6 Å². The minimum Gasteiger partial charge on any atom is -0.379 e. The maximum absolute atomic E-state index is 12.2. The summed E-state index contributed by atoms with van der Waals surface area (Å²) in [4.78, 5) is 9.37. The number of likely N-dealkylation sites (tertiary alicyclic amines) is 1. The molecule has 0 aromatic carbocycles. The number of sulfonamides is 1. The highest BCUT2D eigenvalue weighted by Gasteiger charge is 2.27. The van der Waals surface area contributed by atoms with Crippen LogP contribution in [0.1, 0.15) is 32.6 Å². The van der Waals surface area contributed by atoms with Crippen molar-refractivity contribution in [1.82, 2.24) is 19.8 Å². The summed E-state index contributed by atoms with van der Waals surface area (Å²) < 4.78 is 32.5. The van der Waals surface area contributed by atoms with Gasteiger partial charge in [-0.05, 0) is 38.0 Å². The van der Waals surface area contributed by atoms with Crippen LogP contribution in [0.5, 0.6) is 0 Å². The van der Waals surface area contributed by atoms with Gasteiger partial charge in [0.25, 0.3) is 0 Å². The number of hydrogen-bond donors (Lipinski definition) is 2. The number of aliphatic imine (C=N–C) groups is 1. The van der Waals surface area contributed by atoms with Crippen LogP contribution < -0.4 is 10.0 Å². The van der Waals surface area contributed by atoms with Crippen molar-refractivity contribution in [3.8, 4) is 0 Å². The van der Waals surface area contributed by atoms with Gasteiger partial charge >= 0.3 is 0 Å². The van der Waals surface area contributed by atoms with Gasteiger partial charge in [-0.1, -0.05) is 6.42 Å². The average Bonchev–Trinajstić information content (AvgIpc) is 3.08. The molecule has 0 radical (unpaired) electrons. The Hall–Kier alpha value is -0.170. The Bertz CT molecular complexity index is 609. The van der Waals surface area contributed by atoms with Crippen LogP contribution in [0.4, 0.5) is 0 Å². The lowest BCUT2D eigenvalue weighted by molar-refractivity contribution is 0.0315. The van der Waals surface area contributed by atoms with Crippen molar-refractivity contribution in [3.05, 3.63) is 0 Å². The predicted molar refractivity (Wildman–Crippen MR) is 127 cm³/mol.